The summed E-state index contributed by atoms with van der Waals surface area (Å²) in [6.07, 6.45) is -1.54. The van der Waals surface area contributed by atoms with Crippen LogP contribution in [0.1, 0.15) is 25.7 Å². The van der Waals surface area contributed by atoms with Crippen LogP contribution in [0.25, 0.3) is 0 Å². The summed E-state index contributed by atoms with van der Waals surface area (Å²) >= 11 is 0. The third-order valence-corrected chi connectivity index (χ3v) is 5.40. The van der Waals surface area contributed by atoms with Crippen LogP contribution in [-0.2, 0) is 9.59 Å². The van der Waals surface area contributed by atoms with Gasteiger partial charge in [0, 0.05) is 32.6 Å². The Labute approximate surface area is 133 Å². The molecule has 0 radical (unpaired) electrons. The molecule has 3 aliphatic rings. The normalized spacial score (nSPS) is 28.0. The number of alkyl halides is 3. The molecule has 3 aliphatic heterocycles. The van der Waals surface area contributed by atoms with Gasteiger partial charge in [0.25, 0.3) is 0 Å². The van der Waals surface area contributed by atoms with Crippen LogP contribution in [0.4, 0.5) is 13.2 Å². The average molecular weight is 333 g/mol. The van der Waals surface area contributed by atoms with E-state index in [0.29, 0.717) is 13.1 Å². The van der Waals surface area contributed by atoms with Gasteiger partial charge in [-0.2, -0.15) is 13.2 Å². The lowest BCUT2D eigenvalue weighted by Crippen LogP contribution is -2.46. The Balaban J connectivity index is 1.54. The predicted octanol–water partition coefficient (Wildman–Crippen LogP) is 0.999. The molecule has 1 N–H and O–H groups in total. The van der Waals surface area contributed by atoms with E-state index in [0.717, 1.165) is 37.3 Å². The molecule has 3 heterocycles. The molecule has 0 aromatic heterocycles. The van der Waals surface area contributed by atoms with Gasteiger partial charge in [-0.05, 0) is 31.2 Å². The number of hydrogen-bond acceptors (Lipinski definition) is 3. The SMILES string of the molecule is O=C1CC(C(=O)N2CCC3(CCNC3)CC2)CN1CC(F)(F)F. The number of carbonyl (C=O) groups is 2. The first-order valence-electron chi connectivity index (χ1n) is 8.12. The molecule has 23 heavy (non-hydrogen) atoms. The molecule has 0 aromatic rings. The Morgan fingerprint density at radius 2 is 1.96 bits per heavy atom. The second kappa shape index (κ2) is 5.96. The first kappa shape index (κ1) is 16.5. The van der Waals surface area contributed by atoms with E-state index in [-0.39, 0.29) is 24.3 Å². The van der Waals surface area contributed by atoms with E-state index in [1.807, 2.05) is 0 Å². The van der Waals surface area contributed by atoms with Crippen LogP contribution in [0.2, 0.25) is 0 Å². The number of carbonyl (C=O) groups excluding carboxylic acids is 2. The van der Waals surface area contributed by atoms with Crippen LogP contribution >= 0.6 is 0 Å². The third kappa shape index (κ3) is 3.62. The van der Waals surface area contributed by atoms with Gasteiger partial charge in [-0.1, -0.05) is 0 Å². The van der Waals surface area contributed by atoms with Crippen LogP contribution in [0, 0.1) is 11.3 Å². The van der Waals surface area contributed by atoms with Crippen molar-refractivity contribution in [3.63, 3.8) is 0 Å². The molecule has 0 aliphatic carbocycles. The lowest BCUT2D eigenvalue weighted by molar-refractivity contribution is -0.157. The minimum absolute atomic E-state index is 0.0991. The minimum Gasteiger partial charge on any atom is -0.342 e. The molecule has 1 unspecified atom stereocenters. The molecule has 8 heteroatoms. The molecular formula is C15H22F3N3O2. The van der Waals surface area contributed by atoms with E-state index in [1.54, 1.807) is 4.90 Å². The number of amides is 2. The highest BCUT2D eigenvalue weighted by Crippen LogP contribution is 2.37. The van der Waals surface area contributed by atoms with Crippen molar-refractivity contribution in [2.75, 3.05) is 39.3 Å². The summed E-state index contributed by atoms with van der Waals surface area (Å²) in [5, 5.41) is 3.35. The summed E-state index contributed by atoms with van der Waals surface area (Å²) in [4.78, 5) is 26.7. The fourth-order valence-electron chi connectivity index (χ4n) is 3.99. The molecule has 0 aromatic carbocycles. The molecule has 0 bridgehead atoms. The number of piperidine rings is 1. The van der Waals surface area contributed by atoms with Crippen molar-refractivity contribution in [3.05, 3.63) is 0 Å². The smallest absolute Gasteiger partial charge is 0.342 e. The highest BCUT2D eigenvalue weighted by atomic mass is 19.4. The zero-order valence-corrected chi connectivity index (χ0v) is 13.0. The summed E-state index contributed by atoms with van der Waals surface area (Å²) < 4.78 is 37.3. The average Bonchev–Trinajstić information content (AvgIpc) is 3.06. The number of hydrogen-bond donors (Lipinski definition) is 1. The van der Waals surface area contributed by atoms with Crippen molar-refractivity contribution < 1.29 is 22.8 Å². The van der Waals surface area contributed by atoms with E-state index < -0.39 is 24.5 Å². The second-order valence-electron chi connectivity index (χ2n) is 7.04. The zero-order chi connectivity index (χ0) is 16.7. The Bertz CT molecular complexity index is 479. The van der Waals surface area contributed by atoms with Gasteiger partial charge in [-0.3, -0.25) is 9.59 Å². The van der Waals surface area contributed by atoms with Gasteiger partial charge in [-0.25, -0.2) is 0 Å². The van der Waals surface area contributed by atoms with Gasteiger partial charge in [0.15, 0.2) is 0 Å². The van der Waals surface area contributed by atoms with Crippen LogP contribution in [0.3, 0.4) is 0 Å². The topological polar surface area (TPSA) is 52.7 Å². The molecular weight excluding hydrogens is 311 g/mol. The highest BCUT2D eigenvalue weighted by Gasteiger charge is 2.43. The predicted molar refractivity (Wildman–Crippen MR) is 76.5 cm³/mol. The fraction of sp³-hybridized carbons (Fsp3) is 0.867. The standard InChI is InChI=1S/C15H22F3N3O2/c16-15(17,18)10-21-8-11(7-12(21)22)13(23)20-5-2-14(3-6-20)1-4-19-9-14/h11,19H,1-10H2. The van der Waals surface area contributed by atoms with Crippen LogP contribution in [-0.4, -0.2) is 67.1 Å². The molecule has 2 amide bonds. The first-order valence-corrected chi connectivity index (χ1v) is 8.12. The summed E-state index contributed by atoms with van der Waals surface area (Å²) in [6.45, 7) is 1.91. The maximum absolute atomic E-state index is 12.5. The van der Waals surface area contributed by atoms with Gasteiger partial charge < -0.3 is 15.1 Å². The van der Waals surface area contributed by atoms with Crippen molar-refractivity contribution in [1.82, 2.24) is 15.1 Å². The number of likely N-dealkylation sites (tertiary alicyclic amines) is 2. The Hall–Kier alpha value is -1.31. The molecule has 0 saturated carbocycles. The van der Waals surface area contributed by atoms with Crippen molar-refractivity contribution in [3.8, 4) is 0 Å². The number of halogens is 3. The van der Waals surface area contributed by atoms with E-state index >= 15 is 0 Å². The van der Waals surface area contributed by atoms with Crippen molar-refractivity contribution in [2.45, 2.75) is 31.9 Å². The highest BCUT2D eigenvalue weighted by molar-refractivity contribution is 5.89. The van der Waals surface area contributed by atoms with Gasteiger partial charge >= 0.3 is 6.18 Å². The van der Waals surface area contributed by atoms with E-state index in [2.05, 4.69) is 5.32 Å². The number of nitrogens with one attached hydrogen (secondary N) is 1. The van der Waals surface area contributed by atoms with E-state index in [4.69, 9.17) is 0 Å². The Morgan fingerprint density at radius 3 is 2.52 bits per heavy atom. The van der Waals surface area contributed by atoms with Gasteiger partial charge in [0.05, 0.1) is 5.92 Å². The van der Waals surface area contributed by atoms with Crippen molar-refractivity contribution >= 4 is 11.8 Å². The molecule has 3 saturated heterocycles. The monoisotopic (exact) mass is 333 g/mol. The lowest BCUT2D eigenvalue weighted by atomic mass is 9.77. The Morgan fingerprint density at radius 1 is 1.26 bits per heavy atom. The maximum atomic E-state index is 12.5. The number of rotatable bonds is 2. The van der Waals surface area contributed by atoms with E-state index in [9.17, 15) is 22.8 Å². The summed E-state index contributed by atoms with van der Waals surface area (Å²) in [6, 6.07) is 0. The Kier molecular flexibility index (Phi) is 4.29. The molecule has 3 fully saturated rings. The number of nitrogens with zero attached hydrogens (tertiary/aromatic N) is 2. The summed E-state index contributed by atoms with van der Waals surface area (Å²) in [7, 11) is 0. The maximum Gasteiger partial charge on any atom is 0.406 e. The zero-order valence-electron chi connectivity index (χ0n) is 13.0. The minimum atomic E-state index is -4.42. The summed E-state index contributed by atoms with van der Waals surface area (Å²) in [5.74, 6) is -1.36. The summed E-state index contributed by atoms with van der Waals surface area (Å²) in [5.41, 5.74) is 0.282. The third-order valence-electron chi connectivity index (χ3n) is 5.40. The largest absolute Gasteiger partial charge is 0.406 e. The quantitative estimate of drug-likeness (QED) is 0.820. The van der Waals surface area contributed by atoms with Gasteiger partial charge in [0.1, 0.15) is 6.54 Å². The first-order chi connectivity index (χ1) is 10.8. The second-order valence-corrected chi connectivity index (χ2v) is 7.04. The van der Waals surface area contributed by atoms with Gasteiger partial charge in [0.2, 0.25) is 11.8 Å². The lowest BCUT2D eigenvalue weighted by Gasteiger charge is -2.39. The molecule has 130 valence electrons. The fourth-order valence-corrected chi connectivity index (χ4v) is 3.99. The van der Waals surface area contributed by atoms with Crippen molar-refractivity contribution in [2.24, 2.45) is 11.3 Å². The van der Waals surface area contributed by atoms with Gasteiger partial charge in [-0.15, -0.1) is 0 Å². The molecule has 1 atom stereocenters. The van der Waals surface area contributed by atoms with E-state index in [1.165, 1.54) is 0 Å². The molecule has 5 nitrogen and oxygen atoms in total. The van der Waals surface area contributed by atoms with Crippen molar-refractivity contribution in [1.29, 1.82) is 0 Å². The van der Waals surface area contributed by atoms with Crippen LogP contribution in [0.5, 0.6) is 0 Å². The molecule has 3 rings (SSSR count). The van der Waals surface area contributed by atoms with Crippen LogP contribution < -0.4 is 5.32 Å². The molecule has 1 spiro atoms. The van der Waals surface area contributed by atoms with Crippen LogP contribution in [0.15, 0.2) is 0 Å².